The molecule has 0 spiro atoms. The Kier molecular flexibility index (Phi) is 3.47. The molecule has 86 valence electrons. The quantitative estimate of drug-likeness (QED) is 0.699. The number of nitrogens with zero attached hydrogens (tertiary/aromatic N) is 2. The third-order valence-electron chi connectivity index (χ3n) is 1.61. The molecule has 1 aromatic heterocycles. The molecule has 0 aromatic carbocycles. The molecule has 0 saturated heterocycles. The van der Waals surface area contributed by atoms with Crippen molar-refractivity contribution in [3.8, 4) is 0 Å². The maximum atomic E-state index is 11.4. The fourth-order valence-electron chi connectivity index (χ4n) is 0.941. The summed E-state index contributed by atoms with van der Waals surface area (Å²) in [4.78, 5) is 3.56. The van der Waals surface area contributed by atoms with E-state index in [0.29, 0.717) is 0 Å². The number of rotatable bonds is 5. The minimum absolute atomic E-state index is 0.153. The van der Waals surface area contributed by atoms with Crippen molar-refractivity contribution in [3.05, 3.63) is 18.7 Å². The van der Waals surface area contributed by atoms with Crippen LogP contribution in [0.15, 0.2) is 18.7 Å². The zero-order valence-electron chi connectivity index (χ0n) is 7.64. The molecule has 7 nitrogen and oxygen atoms in total. The van der Waals surface area contributed by atoms with Crippen LogP contribution in [0.5, 0.6) is 0 Å². The molecule has 0 bridgehead atoms. The van der Waals surface area contributed by atoms with E-state index in [4.69, 9.17) is 4.55 Å². The largest absolute Gasteiger partial charge is 0.286 e. The summed E-state index contributed by atoms with van der Waals surface area (Å²) < 4.78 is 52.8. The molecular weight excluding hydrogens is 244 g/mol. The van der Waals surface area contributed by atoms with Gasteiger partial charge in [0.2, 0.25) is 10.0 Å². The van der Waals surface area contributed by atoms with Gasteiger partial charge in [0.15, 0.2) is 0 Å². The SMILES string of the molecule is O=S(=O)(O)CCCS(=O)(=O)n1ccnc1. The van der Waals surface area contributed by atoms with E-state index in [1.807, 2.05) is 0 Å². The van der Waals surface area contributed by atoms with Crippen LogP contribution in [0, 0.1) is 0 Å². The number of imidazole rings is 1. The maximum absolute atomic E-state index is 11.4. The van der Waals surface area contributed by atoms with Gasteiger partial charge in [-0.2, -0.15) is 8.42 Å². The van der Waals surface area contributed by atoms with Crippen molar-refractivity contribution < 1.29 is 21.4 Å². The molecule has 0 saturated carbocycles. The third kappa shape index (κ3) is 3.98. The summed E-state index contributed by atoms with van der Waals surface area (Å²) in [5.74, 6) is -0.927. The number of hydrogen-bond acceptors (Lipinski definition) is 5. The van der Waals surface area contributed by atoms with Gasteiger partial charge in [-0.1, -0.05) is 0 Å². The second-order valence-electron chi connectivity index (χ2n) is 2.85. The summed E-state index contributed by atoms with van der Waals surface area (Å²) in [5.41, 5.74) is 0. The summed E-state index contributed by atoms with van der Waals surface area (Å²) in [6, 6.07) is 0. The van der Waals surface area contributed by atoms with Gasteiger partial charge in [-0.3, -0.25) is 4.55 Å². The summed E-state index contributed by atoms with van der Waals surface area (Å²) in [6.45, 7) is 0. The van der Waals surface area contributed by atoms with E-state index in [1.54, 1.807) is 0 Å². The highest BCUT2D eigenvalue weighted by atomic mass is 32.2. The van der Waals surface area contributed by atoms with E-state index in [0.717, 1.165) is 10.3 Å². The van der Waals surface area contributed by atoms with Crippen LogP contribution in [-0.2, 0) is 20.1 Å². The van der Waals surface area contributed by atoms with Crippen molar-refractivity contribution in [1.29, 1.82) is 0 Å². The van der Waals surface area contributed by atoms with Gasteiger partial charge in [0.05, 0.1) is 11.5 Å². The zero-order chi connectivity index (χ0) is 11.5. The first-order chi connectivity index (χ1) is 6.81. The van der Waals surface area contributed by atoms with Gasteiger partial charge < -0.3 is 0 Å². The van der Waals surface area contributed by atoms with Crippen LogP contribution < -0.4 is 0 Å². The smallest absolute Gasteiger partial charge is 0.264 e. The second kappa shape index (κ2) is 4.29. The van der Waals surface area contributed by atoms with Gasteiger partial charge in [-0.25, -0.2) is 17.4 Å². The van der Waals surface area contributed by atoms with Gasteiger partial charge in [-0.05, 0) is 6.42 Å². The standard InChI is InChI=1S/C6H10N2O5S2/c9-14(10,8-3-2-7-6-8)4-1-5-15(11,12)13/h2-3,6H,1,4-5H2,(H,11,12,13). The average molecular weight is 254 g/mol. The Labute approximate surface area is 87.6 Å². The van der Waals surface area contributed by atoms with Gasteiger partial charge in [-0.15, -0.1) is 0 Å². The molecule has 0 aliphatic rings. The Balaban J connectivity index is 2.60. The highest BCUT2D eigenvalue weighted by molar-refractivity contribution is 7.90. The summed E-state index contributed by atoms with van der Waals surface area (Å²) in [5, 5.41) is 0. The van der Waals surface area contributed by atoms with Crippen molar-refractivity contribution in [2.75, 3.05) is 11.5 Å². The Morgan fingerprint density at radius 2 is 1.87 bits per heavy atom. The zero-order valence-corrected chi connectivity index (χ0v) is 9.28. The van der Waals surface area contributed by atoms with Crippen molar-refractivity contribution >= 4 is 20.1 Å². The molecule has 0 unspecified atom stereocenters. The van der Waals surface area contributed by atoms with Crippen LogP contribution >= 0.6 is 0 Å². The van der Waals surface area contributed by atoms with Gasteiger partial charge in [0.25, 0.3) is 10.1 Å². The van der Waals surface area contributed by atoms with E-state index >= 15 is 0 Å². The lowest BCUT2D eigenvalue weighted by atomic mass is 10.6. The van der Waals surface area contributed by atoms with E-state index in [1.165, 1.54) is 12.4 Å². The van der Waals surface area contributed by atoms with E-state index in [9.17, 15) is 16.8 Å². The Hall–Kier alpha value is -0.930. The highest BCUT2D eigenvalue weighted by Crippen LogP contribution is 2.00. The van der Waals surface area contributed by atoms with E-state index < -0.39 is 25.9 Å². The molecule has 1 aromatic rings. The summed E-state index contributed by atoms with van der Waals surface area (Å²) >= 11 is 0. The fraction of sp³-hybridized carbons (Fsp3) is 0.500. The molecule has 0 aliphatic heterocycles. The first-order valence-corrected chi connectivity index (χ1v) is 7.19. The highest BCUT2D eigenvalue weighted by Gasteiger charge is 2.14. The molecular formula is C6H10N2O5S2. The van der Waals surface area contributed by atoms with Crippen molar-refractivity contribution in [1.82, 2.24) is 8.96 Å². The molecule has 0 amide bonds. The second-order valence-corrected chi connectivity index (χ2v) is 6.41. The summed E-state index contributed by atoms with van der Waals surface area (Å²) in [6.07, 6.45) is 3.52. The van der Waals surface area contributed by atoms with Gasteiger partial charge in [0.1, 0.15) is 6.33 Å². The Morgan fingerprint density at radius 1 is 1.20 bits per heavy atom. The normalized spacial score (nSPS) is 12.9. The monoisotopic (exact) mass is 254 g/mol. The topological polar surface area (TPSA) is 106 Å². The molecule has 1 heterocycles. The predicted octanol–water partition coefficient (Wildman–Crippen LogP) is -0.661. The fourth-order valence-corrected chi connectivity index (χ4v) is 2.79. The molecule has 0 atom stereocenters. The Morgan fingerprint density at radius 3 is 2.33 bits per heavy atom. The molecule has 1 rings (SSSR count). The first kappa shape index (κ1) is 12.1. The van der Waals surface area contributed by atoms with Gasteiger partial charge in [0, 0.05) is 12.4 Å². The predicted molar refractivity (Wildman–Crippen MR) is 52.4 cm³/mol. The lowest BCUT2D eigenvalue weighted by molar-refractivity contribution is 0.482. The number of aromatic nitrogens is 2. The molecule has 1 N–H and O–H groups in total. The first-order valence-electron chi connectivity index (χ1n) is 3.98. The minimum atomic E-state index is -4.10. The van der Waals surface area contributed by atoms with Gasteiger partial charge >= 0.3 is 0 Å². The number of hydrogen-bond donors (Lipinski definition) is 1. The van der Waals surface area contributed by atoms with Crippen LogP contribution in [0.1, 0.15) is 6.42 Å². The maximum Gasteiger partial charge on any atom is 0.264 e. The van der Waals surface area contributed by atoms with Crippen LogP contribution in [0.2, 0.25) is 0 Å². The van der Waals surface area contributed by atoms with E-state index in [-0.39, 0.29) is 12.2 Å². The molecule has 9 heteroatoms. The van der Waals surface area contributed by atoms with Crippen LogP contribution in [-0.4, -0.2) is 41.9 Å². The van der Waals surface area contributed by atoms with Crippen LogP contribution in [0.25, 0.3) is 0 Å². The lowest BCUT2D eigenvalue weighted by Crippen LogP contribution is -2.17. The third-order valence-corrected chi connectivity index (χ3v) is 4.07. The van der Waals surface area contributed by atoms with Crippen molar-refractivity contribution in [3.63, 3.8) is 0 Å². The molecule has 0 radical (unpaired) electrons. The molecule has 0 aliphatic carbocycles. The van der Waals surface area contributed by atoms with Crippen LogP contribution in [0.4, 0.5) is 0 Å². The lowest BCUT2D eigenvalue weighted by Gasteiger charge is -2.03. The minimum Gasteiger partial charge on any atom is -0.286 e. The molecule has 15 heavy (non-hydrogen) atoms. The Bertz CT molecular complexity index is 502. The molecule has 0 fully saturated rings. The van der Waals surface area contributed by atoms with Crippen molar-refractivity contribution in [2.45, 2.75) is 6.42 Å². The van der Waals surface area contributed by atoms with Crippen molar-refractivity contribution in [2.24, 2.45) is 0 Å². The average Bonchev–Trinajstić information content (AvgIpc) is 2.52. The van der Waals surface area contributed by atoms with E-state index in [2.05, 4.69) is 4.98 Å². The summed E-state index contributed by atoms with van der Waals surface area (Å²) in [7, 11) is -7.67. The van der Waals surface area contributed by atoms with Crippen LogP contribution in [0.3, 0.4) is 0 Å².